The van der Waals surface area contributed by atoms with Crippen LogP contribution in [0, 0.1) is 16.7 Å². The Morgan fingerprint density at radius 2 is 2.29 bits per heavy atom. The molecule has 0 aliphatic heterocycles. The highest BCUT2D eigenvalue weighted by molar-refractivity contribution is 5.49. The zero-order chi connectivity index (χ0) is 10.0. The molecule has 1 aliphatic carbocycles. The van der Waals surface area contributed by atoms with Crippen LogP contribution in [0.4, 0.5) is 5.69 Å². The molecule has 0 saturated heterocycles. The van der Waals surface area contributed by atoms with E-state index in [9.17, 15) is 0 Å². The number of nitriles is 1. The molecular formula is C12H14N2. The first-order valence-electron chi connectivity index (χ1n) is 4.96. The summed E-state index contributed by atoms with van der Waals surface area (Å²) in [5.74, 6) is 0. The Morgan fingerprint density at radius 3 is 2.93 bits per heavy atom. The van der Waals surface area contributed by atoms with Crippen LogP contribution >= 0.6 is 0 Å². The van der Waals surface area contributed by atoms with Gasteiger partial charge in [-0.2, -0.15) is 5.26 Å². The molecule has 0 amide bonds. The number of benzene rings is 1. The molecule has 0 heterocycles. The summed E-state index contributed by atoms with van der Waals surface area (Å²) in [6, 6.07) is 9.78. The van der Waals surface area contributed by atoms with E-state index in [0.29, 0.717) is 5.41 Å². The quantitative estimate of drug-likeness (QED) is 0.787. The van der Waals surface area contributed by atoms with Crippen LogP contribution in [0.2, 0.25) is 0 Å². The van der Waals surface area contributed by atoms with Gasteiger partial charge >= 0.3 is 0 Å². The maximum atomic E-state index is 8.72. The van der Waals surface area contributed by atoms with E-state index in [1.807, 2.05) is 24.3 Å². The Labute approximate surface area is 84.6 Å². The largest absolute Gasteiger partial charge is 0.384 e. The van der Waals surface area contributed by atoms with Crippen LogP contribution in [0.1, 0.15) is 25.3 Å². The van der Waals surface area contributed by atoms with E-state index in [1.54, 1.807) is 0 Å². The maximum Gasteiger partial charge on any atom is 0.0992 e. The van der Waals surface area contributed by atoms with E-state index in [4.69, 9.17) is 5.26 Å². The molecule has 0 spiro atoms. The number of hydrogen-bond donors (Lipinski definition) is 1. The third-order valence-electron chi connectivity index (χ3n) is 2.81. The molecule has 1 aromatic carbocycles. The molecule has 72 valence electrons. The van der Waals surface area contributed by atoms with Crippen molar-refractivity contribution in [2.45, 2.75) is 19.8 Å². The van der Waals surface area contributed by atoms with Crippen molar-refractivity contribution in [2.75, 3.05) is 11.9 Å². The Hall–Kier alpha value is -1.49. The van der Waals surface area contributed by atoms with Crippen molar-refractivity contribution in [1.29, 1.82) is 5.26 Å². The zero-order valence-corrected chi connectivity index (χ0v) is 8.38. The fourth-order valence-corrected chi connectivity index (χ4v) is 1.40. The number of rotatable bonds is 3. The van der Waals surface area contributed by atoms with Gasteiger partial charge < -0.3 is 5.32 Å². The second-order valence-electron chi connectivity index (χ2n) is 4.36. The molecule has 1 aromatic rings. The van der Waals surface area contributed by atoms with Gasteiger partial charge in [0.25, 0.3) is 0 Å². The van der Waals surface area contributed by atoms with Crippen molar-refractivity contribution in [3.05, 3.63) is 29.8 Å². The third kappa shape index (κ3) is 2.05. The molecule has 0 radical (unpaired) electrons. The normalized spacial score (nSPS) is 17.1. The van der Waals surface area contributed by atoms with Crippen LogP contribution in [0.3, 0.4) is 0 Å². The lowest BCUT2D eigenvalue weighted by atomic mass is 10.1. The fourth-order valence-electron chi connectivity index (χ4n) is 1.40. The zero-order valence-electron chi connectivity index (χ0n) is 8.38. The summed E-state index contributed by atoms with van der Waals surface area (Å²) in [6.07, 6.45) is 2.63. The summed E-state index contributed by atoms with van der Waals surface area (Å²) in [6.45, 7) is 3.30. The molecule has 0 atom stereocenters. The van der Waals surface area contributed by atoms with Gasteiger partial charge in [0.05, 0.1) is 11.6 Å². The third-order valence-corrected chi connectivity index (χ3v) is 2.81. The lowest BCUT2D eigenvalue weighted by Crippen LogP contribution is -2.11. The average molecular weight is 186 g/mol. The van der Waals surface area contributed by atoms with Gasteiger partial charge in [-0.1, -0.05) is 13.0 Å². The molecule has 1 aliphatic rings. The standard InChI is InChI=1S/C12H14N2/c1-12(5-6-12)9-14-11-4-2-3-10(7-11)8-13/h2-4,7,14H,5-6,9H2,1H3. The monoisotopic (exact) mass is 186 g/mol. The smallest absolute Gasteiger partial charge is 0.0992 e. The van der Waals surface area contributed by atoms with Gasteiger partial charge in [0.15, 0.2) is 0 Å². The van der Waals surface area contributed by atoms with Crippen LogP contribution < -0.4 is 5.32 Å². The molecule has 0 unspecified atom stereocenters. The van der Waals surface area contributed by atoms with Gasteiger partial charge in [-0.3, -0.25) is 0 Å². The lowest BCUT2D eigenvalue weighted by Gasteiger charge is -2.11. The van der Waals surface area contributed by atoms with E-state index in [2.05, 4.69) is 18.3 Å². The van der Waals surface area contributed by atoms with Crippen molar-refractivity contribution in [1.82, 2.24) is 0 Å². The van der Waals surface area contributed by atoms with Crippen molar-refractivity contribution in [3.8, 4) is 6.07 Å². The lowest BCUT2D eigenvalue weighted by molar-refractivity contribution is 0.611. The topological polar surface area (TPSA) is 35.8 Å². The Balaban J connectivity index is 1.99. The predicted octanol–water partition coefficient (Wildman–Crippen LogP) is 2.77. The number of nitrogens with zero attached hydrogens (tertiary/aromatic N) is 1. The van der Waals surface area contributed by atoms with E-state index in [0.717, 1.165) is 17.8 Å². The van der Waals surface area contributed by atoms with Gasteiger partial charge in [0, 0.05) is 12.2 Å². The molecule has 1 N–H and O–H groups in total. The second kappa shape index (κ2) is 3.34. The van der Waals surface area contributed by atoms with Crippen LogP contribution in [0.25, 0.3) is 0 Å². The molecule has 1 fully saturated rings. The highest BCUT2D eigenvalue weighted by Gasteiger charge is 2.36. The van der Waals surface area contributed by atoms with Gasteiger partial charge in [-0.25, -0.2) is 0 Å². The minimum absolute atomic E-state index is 0.503. The first kappa shape index (κ1) is 9.08. The molecule has 2 heteroatoms. The summed E-state index contributed by atoms with van der Waals surface area (Å²) < 4.78 is 0. The summed E-state index contributed by atoms with van der Waals surface area (Å²) in [5, 5.41) is 12.1. The van der Waals surface area contributed by atoms with Gasteiger partial charge in [0.2, 0.25) is 0 Å². The van der Waals surface area contributed by atoms with E-state index in [1.165, 1.54) is 12.8 Å². The molecule has 14 heavy (non-hydrogen) atoms. The molecular weight excluding hydrogens is 172 g/mol. The summed E-state index contributed by atoms with van der Waals surface area (Å²) in [7, 11) is 0. The van der Waals surface area contributed by atoms with E-state index in [-0.39, 0.29) is 0 Å². The average Bonchev–Trinajstić information content (AvgIpc) is 2.95. The van der Waals surface area contributed by atoms with E-state index >= 15 is 0 Å². The maximum absolute atomic E-state index is 8.72. The van der Waals surface area contributed by atoms with Crippen LogP contribution in [0.5, 0.6) is 0 Å². The van der Waals surface area contributed by atoms with Crippen molar-refractivity contribution >= 4 is 5.69 Å². The minimum Gasteiger partial charge on any atom is -0.384 e. The fraction of sp³-hybridized carbons (Fsp3) is 0.417. The van der Waals surface area contributed by atoms with Crippen LogP contribution in [-0.2, 0) is 0 Å². The molecule has 0 bridgehead atoms. The number of hydrogen-bond acceptors (Lipinski definition) is 2. The second-order valence-corrected chi connectivity index (χ2v) is 4.36. The van der Waals surface area contributed by atoms with Gasteiger partial charge in [-0.15, -0.1) is 0 Å². The SMILES string of the molecule is CC1(CNc2cccc(C#N)c2)CC1. The van der Waals surface area contributed by atoms with Crippen molar-refractivity contribution in [3.63, 3.8) is 0 Å². The predicted molar refractivity (Wildman–Crippen MR) is 57.0 cm³/mol. The highest BCUT2D eigenvalue weighted by atomic mass is 14.9. The first-order valence-corrected chi connectivity index (χ1v) is 4.96. The highest BCUT2D eigenvalue weighted by Crippen LogP contribution is 2.44. The minimum atomic E-state index is 0.503. The Bertz CT molecular complexity index is 372. The van der Waals surface area contributed by atoms with Crippen molar-refractivity contribution < 1.29 is 0 Å². The van der Waals surface area contributed by atoms with E-state index < -0.39 is 0 Å². The molecule has 2 nitrogen and oxygen atoms in total. The summed E-state index contributed by atoms with van der Waals surface area (Å²) in [5.41, 5.74) is 2.27. The summed E-state index contributed by atoms with van der Waals surface area (Å²) in [4.78, 5) is 0. The Morgan fingerprint density at radius 1 is 1.50 bits per heavy atom. The number of nitrogens with one attached hydrogen (secondary N) is 1. The number of anilines is 1. The van der Waals surface area contributed by atoms with Crippen LogP contribution in [0.15, 0.2) is 24.3 Å². The Kier molecular flexibility index (Phi) is 2.17. The van der Waals surface area contributed by atoms with Crippen LogP contribution in [-0.4, -0.2) is 6.54 Å². The summed E-state index contributed by atoms with van der Waals surface area (Å²) >= 11 is 0. The molecule has 0 aromatic heterocycles. The van der Waals surface area contributed by atoms with Gasteiger partial charge in [0.1, 0.15) is 0 Å². The van der Waals surface area contributed by atoms with Gasteiger partial charge in [-0.05, 0) is 36.5 Å². The molecule has 1 saturated carbocycles. The first-order chi connectivity index (χ1) is 6.72. The van der Waals surface area contributed by atoms with Crippen molar-refractivity contribution in [2.24, 2.45) is 5.41 Å². The molecule has 2 rings (SSSR count).